The third-order valence-electron chi connectivity index (χ3n) is 3.74. The van der Waals surface area contributed by atoms with Crippen LogP contribution < -0.4 is 5.56 Å². The number of nitrogens with zero attached hydrogens (tertiary/aromatic N) is 3. The van der Waals surface area contributed by atoms with Crippen molar-refractivity contribution in [3.63, 3.8) is 0 Å². The Morgan fingerprint density at radius 3 is 2.57 bits per heavy atom. The molecule has 0 amide bonds. The van der Waals surface area contributed by atoms with E-state index in [9.17, 15) is 4.79 Å². The van der Waals surface area contributed by atoms with Crippen molar-refractivity contribution < 1.29 is 0 Å². The highest BCUT2D eigenvalue weighted by Crippen LogP contribution is 2.21. The van der Waals surface area contributed by atoms with Crippen LogP contribution in [-0.2, 0) is 25.4 Å². The van der Waals surface area contributed by atoms with Crippen LogP contribution in [0.25, 0.3) is 0 Å². The molecule has 2 aromatic heterocycles. The van der Waals surface area contributed by atoms with Gasteiger partial charge in [-0.1, -0.05) is 19.9 Å². The van der Waals surface area contributed by atoms with Gasteiger partial charge in [0.25, 0.3) is 0 Å². The van der Waals surface area contributed by atoms with Gasteiger partial charge in [-0.15, -0.1) is 0 Å². The van der Waals surface area contributed by atoms with Crippen molar-refractivity contribution in [2.75, 3.05) is 0 Å². The van der Waals surface area contributed by atoms with E-state index in [0.29, 0.717) is 5.92 Å². The van der Waals surface area contributed by atoms with Crippen LogP contribution in [0.15, 0.2) is 35.6 Å². The van der Waals surface area contributed by atoms with Crippen LogP contribution >= 0.6 is 0 Å². The van der Waals surface area contributed by atoms with Crippen LogP contribution in [0.3, 0.4) is 0 Å². The summed E-state index contributed by atoms with van der Waals surface area (Å²) in [7, 11) is 1.79. The van der Waals surface area contributed by atoms with E-state index in [1.54, 1.807) is 17.7 Å². The summed E-state index contributed by atoms with van der Waals surface area (Å²) in [5.41, 5.74) is 2.25. The quantitative estimate of drug-likeness (QED) is 0.848. The van der Waals surface area contributed by atoms with Gasteiger partial charge in [0.05, 0.1) is 12.0 Å². The molecule has 0 aliphatic heterocycles. The van der Waals surface area contributed by atoms with E-state index in [0.717, 1.165) is 24.1 Å². The number of hydrogen-bond donors (Lipinski definition) is 0. The predicted molar refractivity (Wildman–Crippen MR) is 85.5 cm³/mol. The second-order valence-electron chi connectivity index (χ2n) is 6.85. The van der Waals surface area contributed by atoms with Crippen molar-refractivity contribution >= 4 is 0 Å². The van der Waals surface area contributed by atoms with Crippen molar-refractivity contribution in [1.82, 2.24) is 14.1 Å². The Balaban J connectivity index is 2.18. The lowest BCUT2D eigenvalue weighted by Crippen LogP contribution is -2.28. The second kappa shape index (κ2) is 5.88. The summed E-state index contributed by atoms with van der Waals surface area (Å²) in [6.45, 7) is 8.79. The van der Waals surface area contributed by atoms with Gasteiger partial charge in [-0.25, -0.2) is 4.98 Å². The lowest BCUT2D eigenvalue weighted by molar-refractivity contribution is 0.351. The van der Waals surface area contributed by atoms with E-state index in [2.05, 4.69) is 43.4 Å². The SMILES string of the molecule is CC(C)Cc1cn(C(C)(C)Cc2ccc(=O)n(C)c2)cn1. The predicted octanol–water partition coefficient (Wildman–Crippen LogP) is 2.76. The minimum atomic E-state index is -0.0698. The number of pyridine rings is 1. The highest BCUT2D eigenvalue weighted by molar-refractivity contribution is 5.13. The number of imidazole rings is 1. The molecule has 0 aliphatic carbocycles. The van der Waals surface area contributed by atoms with E-state index in [1.807, 2.05) is 18.6 Å². The van der Waals surface area contributed by atoms with E-state index < -0.39 is 0 Å². The molecule has 114 valence electrons. The number of aromatic nitrogens is 3. The average Bonchev–Trinajstić information content (AvgIpc) is 2.82. The minimum Gasteiger partial charge on any atom is -0.331 e. The maximum absolute atomic E-state index is 11.5. The van der Waals surface area contributed by atoms with Crippen LogP contribution in [0.1, 0.15) is 39.0 Å². The van der Waals surface area contributed by atoms with Crippen LogP contribution in [0.4, 0.5) is 0 Å². The van der Waals surface area contributed by atoms with E-state index in [1.165, 1.54) is 0 Å². The first kappa shape index (κ1) is 15.5. The molecular weight excluding hydrogens is 262 g/mol. The van der Waals surface area contributed by atoms with E-state index in [4.69, 9.17) is 0 Å². The standard InChI is InChI=1S/C17H25N3O/c1-13(2)8-15-11-20(12-18-15)17(3,4)9-14-6-7-16(21)19(5)10-14/h6-7,10-13H,8-9H2,1-5H3. The van der Waals surface area contributed by atoms with E-state index >= 15 is 0 Å². The molecule has 0 saturated carbocycles. The zero-order valence-electron chi connectivity index (χ0n) is 13.6. The van der Waals surface area contributed by atoms with Gasteiger partial charge in [-0.2, -0.15) is 0 Å². The van der Waals surface area contributed by atoms with Crippen molar-refractivity contribution in [3.05, 3.63) is 52.5 Å². The molecule has 2 heterocycles. The number of aryl methyl sites for hydroxylation is 1. The number of hydrogen-bond acceptors (Lipinski definition) is 2. The zero-order valence-corrected chi connectivity index (χ0v) is 13.6. The fourth-order valence-corrected chi connectivity index (χ4v) is 2.56. The smallest absolute Gasteiger partial charge is 0.250 e. The second-order valence-corrected chi connectivity index (χ2v) is 6.85. The van der Waals surface area contributed by atoms with Crippen LogP contribution in [0.5, 0.6) is 0 Å². The first-order valence-corrected chi connectivity index (χ1v) is 7.47. The Kier molecular flexibility index (Phi) is 4.35. The molecule has 0 radical (unpaired) electrons. The summed E-state index contributed by atoms with van der Waals surface area (Å²) in [5.74, 6) is 0.611. The highest BCUT2D eigenvalue weighted by Gasteiger charge is 2.21. The molecule has 0 spiro atoms. The molecule has 0 saturated heterocycles. The van der Waals surface area contributed by atoms with Gasteiger partial charge in [-0.05, 0) is 38.2 Å². The molecule has 0 bridgehead atoms. The monoisotopic (exact) mass is 287 g/mol. The molecule has 21 heavy (non-hydrogen) atoms. The molecule has 0 unspecified atom stereocenters. The molecular formula is C17H25N3O. The Hall–Kier alpha value is -1.84. The molecule has 0 fully saturated rings. The van der Waals surface area contributed by atoms with Crippen molar-refractivity contribution in [3.8, 4) is 0 Å². The Labute approximate surface area is 126 Å². The Morgan fingerprint density at radius 2 is 1.95 bits per heavy atom. The molecule has 0 aromatic carbocycles. The Bertz CT molecular complexity index is 665. The van der Waals surface area contributed by atoms with Crippen LogP contribution in [0.2, 0.25) is 0 Å². The molecule has 2 aromatic rings. The van der Waals surface area contributed by atoms with Gasteiger partial charge in [0.1, 0.15) is 0 Å². The zero-order chi connectivity index (χ0) is 15.6. The fraction of sp³-hybridized carbons (Fsp3) is 0.529. The summed E-state index contributed by atoms with van der Waals surface area (Å²) >= 11 is 0. The summed E-state index contributed by atoms with van der Waals surface area (Å²) in [4.78, 5) is 16.0. The first-order valence-electron chi connectivity index (χ1n) is 7.47. The number of rotatable bonds is 5. The Morgan fingerprint density at radius 1 is 1.24 bits per heavy atom. The molecule has 0 aliphatic rings. The van der Waals surface area contributed by atoms with Crippen LogP contribution in [0, 0.1) is 5.92 Å². The first-order chi connectivity index (χ1) is 9.78. The molecule has 2 rings (SSSR count). The van der Waals surface area contributed by atoms with Gasteiger partial charge in [0.2, 0.25) is 5.56 Å². The van der Waals surface area contributed by atoms with Gasteiger partial charge >= 0.3 is 0 Å². The van der Waals surface area contributed by atoms with Gasteiger partial charge in [0.15, 0.2) is 0 Å². The summed E-state index contributed by atoms with van der Waals surface area (Å²) in [5, 5.41) is 0. The maximum Gasteiger partial charge on any atom is 0.250 e. The lowest BCUT2D eigenvalue weighted by Gasteiger charge is -2.26. The topological polar surface area (TPSA) is 39.8 Å². The molecule has 0 N–H and O–H groups in total. The fourth-order valence-electron chi connectivity index (χ4n) is 2.56. The summed E-state index contributed by atoms with van der Waals surface area (Å²) in [6, 6.07) is 3.54. The molecule has 4 heteroatoms. The van der Waals surface area contributed by atoms with Crippen molar-refractivity contribution in [1.29, 1.82) is 0 Å². The average molecular weight is 287 g/mol. The van der Waals surface area contributed by atoms with E-state index in [-0.39, 0.29) is 11.1 Å². The molecule has 4 nitrogen and oxygen atoms in total. The van der Waals surface area contributed by atoms with Gasteiger partial charge in [0, 0.05) is 31.0 Å². The van der Waals surface area contributed by atoms with Gasteiger partial charge < -0.3 is 9.13 Å². The van der Waals surface area contributed by atoms with Crippen LogP contribution in [-0.4, -0.2) is 14.1 Å². The minimum absolute atomic E-state index is 0.0263. The third-order valence-corrected chi connectivity index (χ3v) is 3.74. The normalized spacial score (nSPS) is 12.1. The van der Waals surface area contributed by atoms with Crippen molar-refractivity contribution in [2.24, 2.45) is 13.0 Å². The third kappa shape index (κ3) is 3.84. The largest absolute Gasteiger partial charge is 0.331 e. The maximum atomic E-state index is 11.5. The highest BCUT2D eigenvalue weighted by atomic mass is 16.1. The summed E-state index contributed by atoms with van der Waals surface area (Å²) < 4.78 is 3.80. The van der Waals surface area contributed by atoms with Crippen molar-refractivity contribution in [2.45, 2.75) is 46.1 Å². The van der Waals surface area contributed by atoms with Gasteiger partial charge in [-0.3, -0.25) is 4.79 Å². The molecule has 0 atom stereocenters. The lowest BCUT2D eigenvalue weighted by atomic mass is 9.95. The summed E-state index contributed by atoms with van der Waals surface area (Å²) in [6.07, 6.45) is 7.83.